The van der Waals surface area contributed by atoms with Crippen LogP contribution in [0.2, 0.25) is 0 Å². The average Bonchev–Trinajstić information content (AvgIpc) is 2.40. The molecule has 1 unspecified atom stereocenters. The Bertz CT molecular complexity index is 473. The molecule has 1 fully saturated rings. The van der Waals surface area contributed by atoms with Crippen LogP contribution in [0.15, 0.2) is 24.3 Å². The molecule has 20 heavy (non-hydrogen) atoms. The smallest absolute Gasteiger partial charge is 0.181 e. The van der Waals surface area contributed by atoms with Crippen LogP contribution in [0.4, 0.5) is 0 Å². The van der Waals surface area contributed by atoms with Gasteiger partial charge in [0.1, 0.15) is 5.75 Å². The first-order valence-electron chi connectivity index (χ1n) is 7.17. The molecule has 4 heteroatoms. The molecule has 1 aliphatic rings. The van der Waals surface area contributed by atoms with Gasteiger partial charge in [0.05, 0.1) is 12.1 Å². The van der Waals surface area contributed by atoms with Crippen LogP contribution >= 0.6 is 0 Å². The fourth-order valence-electron chi connectivity index (χ4n) is 2.48. The summed E-state index contributed by atoms with van der Waals surface area (Å²) in [6, 6.07) is 7.44. The maximum atomic E-state index is 12.7. The number of Topliss-reactive ketones (excluding diaryl/α,β-unsaturated/α-hetero) is 1. The Morgan fingerprint density at radius 1 is 1.30 bits per heavy atom. The Kier molecular flexibility index (Phi) is 4.78. The van der Waals surface area contributed by atoms with Crippen molar-refractivity contribution in [1.29, 1.82) is 0 Å². The molecule has 0 bridgehead atoms. The van der Waals surface area contributed by atoms with E-state index in [9.17, 15) is 4.79 Å². The summed E-state index contributed by atoms with van der Waals surface area (Å²) in [6.45, 7) is 6.69. The number of carbonyl (C=O) groups is 1. The van der Waals surface area contributed by atoms with E-state index in [1.54, 1.807) is 0 Å². The summed E-state index contributed by atoms with van der Waals surface area (Å²) in [5.74, 6) is 0.936. The van der Waals surface area contributed by atoms with Crippen LogP contribution in [0.5, 0.6) is 5.75 Å². The molecule has 1 heterocycles. The number of rotatable bonds is 4. The molecule has 1 aliphatic heterocycles. The van der Waals surface area contributed by atoms with Gasteiger partial charge in [0, 0.05) is 25.2 Å². The molecule has 0 radical (unpaired) electrons. The van der Waals surface area contributed by atoms with Gasteiger partial charge in [-0.3, -0.25) is 9.69 Å². The molecule has 1 aromatic carbocycles. The van der Waals surface area contributed by atoms with Gasteiger partial charge in [-0.1, -0.05) is 12.1 Å². The first-order valence-corrected chi connectivity index (χ1v) is 7.17. The first-order chi connectivity index (χ1) is 9.47. The highest BCUT2D eigenvalue weighted by Crippen LogP contribution is 2.18. The van der Waals surface area contributed by atoms with Crippen LogP contribution in [0.25, 0.3) is 0 Å². The molecule has 0 aromatic heterocycles. The molecule has 4 nitrogen and oxygen atoms in total. The summed E-state index contributed by atoms with van der Waals surface area (Å²) in [6.07, 6.45) is 0.115. The maximum absolute atomic E-state index is 12.7. The normalized spacial score (nSPS) is 21.1. The van der Waals surface area contributed by atoms with Crippen molar-refractivity contribution >= 4 is 5.78 Å². The highest BCUT2D eigenvalue weighted by Gasteiger charge is 2.29. The maximum Gasteiger partial charge on any atom is 0.181 e. The lowest BCUT2D eigenvalue weighted by molar-refractivity contribution is 0.0685. The largest absolute Gasteiger partial charge is 0.491 e. The third kappa shape index (κ3) is 3.58. The van der Waals surface area contributed by atoms with E-state index in [4.69, 9.17) is 4.74 Å². The van der Waals surface area contributed by atoms with E-state index in [-0.39, 0.29) is 17.9 Å². The molecule has 0 amide bonds. The SMILES string of the molecule is CC(C)Oc1cccc(C(=O)C2CN(C)CCN2C)c1. The van der Waals surface area contributed by atoms with Gasteiger partial charge in [0.2, 0.25) is 0 Å². The van der Waals surface area contributed by atoms with Gasteiger partial charge in [-0.05, 0) is 40.1 Å². The van der Waals surface area contributed by atoms with Gasteiger partial charge >= 0.3 is 0 Å². The van der Waals surface area contributed by atoms with Crippen molar-refractivity contribution in [3.8, 4) is 5.75 Å². The quantitative estimate of drug-likeness (QED) is 0.786. The predicted octanol–water partition coefficient (Wildman–Crippen LogP) is 1.90. The van der Waals surface area contributed by atoms with Gasteiger partial charge in [0.15, 0.2) is 5.78 Å². The highest BCUT2D eigenvalue weighted by molar-refractivity contribution is 6.00. The zero-order chi connectivity index (χ0) is 14.7. The van der Waals surface area contributed by atoms with Gasteiger partial charge in [0.25, 0.3) is 0 Å². The number of carbonyl (C=O) groups excluding carboxylic acids is 1. The summed E-state index contributed by atoms with van der Waals surface area (Å²) >= 11 is 0. The van der Waals surface area contributed by atoms with E-state index in [1.165, 1.54) is 0 Å². The van der Waals surface area contributed by atoms with Crippen molar-refractivity contribution in [2.45, 2.75) is 26.0 Å². The first kappa shape index (κ1) is 15.0. The predicted molar refractivity (Wildman–Crippen MR) is 80.5 cm³/mol. The van der Waals surface area contributed by atoms with Crippen LogP contribution in [0.3, 0.4) is 0 Å². The van der Waals surface area contributed by atoms with Gasteiger partial charge in [-0.2, -0.15) is 0 Å². The summed E-state index contributed by atoms with van der Waals surface area (Å²) < 4.78 is 5.66. The summed E-state index contributed by atoms with van der Waals surface area (Å²) in [5, 5.41) is 0. The van der Waals surface area contributed by atoms with Crippen molar-refractivity contribution in [3.63, 3.8) is 0 Å². The van der Waals surface area contributed by atoms with Crippen LogP contribution in [0.1, 0.15) is 24.2 Å². The van der Waals surface area contributed by atoms with Crippen LogP contribution < -0.4 is 4.74 Å². The Balaban J connectivity index is 2.15. The van der Waals surface area contributed by atoms with E-state index < -0.39 is 0 Å². The number of ether oxygens (including phenoxy) is 1. The second-order valence-corrected chi connectivity index (χ2v) is 5.82. The van der Waals surface area contributed by atoms with Crippen LogP contribution in [-0.2, 0) is 0 Å². The Hall–Kier alpha value is -1.39. The van der Waals surface area contributed by atoms with Gasteiger partial charge in [-0.25, -0.2) is 0 Å². The van der Waals surface area contributed by atoms with E-state index >= 15 is 0 Å². The fraction of sp³-hybridized carbons (Fsp3) is 0.562. The fourth-order valence-corrected chi connectivity index (χ4v) is 2.48. The number of piperazine rings is 1. The molecular formula is C16H24N2O2. The monoisotopic (exact) mass is 276 g/mol. The number of nitrogens with zero attached hydrogens (tertiary/aromatic N) is 2. The molecule has 0 N–H and O–H groups in total. The van der Waals surface area contributed by atoms with Crippen molar-refractivity contribution in [2.24, 2.45) is 0 Å². The van der Waals surface area contributed by atoms with E-state index in [2.05, 4.69) is 16.8 Å². The summed E-state index contributed by atoms with van der Waals surface area (Å²) in [5.41, 5.74) is 0.732. The third-order valence-corrected chi connectivity index (χ3v) is 3.64. The number of hydrogen-bond acceptors (Lipinski definition) is 4. The van der Waals surface area contributed by atoms with E-state index in [1.807, 2.05) is 45.2 Å². The Labute approximate surface area is 121 Å². The minimum Gasteiger partial charge on any atom is -0.491 e. The number of benzene rings is 1. The number of likely N-dealkylation sites (N-methyl/N-ethyl adjacent to an activating group) is 2. The minimum absolute atomic E-state index is 0.0666. The van der Waals surface area contributed by atoms with Crippen molar-refractivity contribution < 1.29 is 9.53 Å². The zero-order valence-electron chi connectivity index (χ0n) is 12.8. The molecule has 2 rings (SSSR count). The van der Waals surface area contributed by atoms with Crippen molar-refractivity contribution in [3.05, 3.63) is 29.8 Å². The lowest BCUT2D eigenvalue weighted by atomic mass is 10.0. The second-order valence-electron chi connectivity index (χ2n) is 5.82. The average molecular weight is 276 g/mol. The van der Waals surface area contributed by atoms with E-state index in [0.29, 0.717) is 0 Å². The van der Waals surface area contributed by atoms with Crippen LogP contribution in [-0.4, -0.2) is 61.5 Å². The molecular weight excluding hydrogens is 252 g/mol. The van der Waals surface area contributed by atoms with Crippen LogP contribution in [0, 0.1) is 0 Å². The molecule has 0 saturated carbocycles. The molecule has 0 aliphatic carbocycles. The molecule has 1 aromatic rings. The minimum atomic E-state index is -0.0666. The van der Waals surface area contributed by atoms with Gasteiger partial charge in [-0.15, -0.1) is 0 Å². The Morgan fingerprint density at radius 2 is 2.05 bits per heavy atom. The number of ketones is 1. The standard InChI is InChI=1S/C16H24N2O2/c1-12(2)20-14-7-5-6-13(10-14)16(19)15-11-17(3)8-9-18(15)4/h5-7,10,12,15H,8-9,11H2,1-4H3. The lowest BCUT2D eigenvalue weighted by Crippen LogP contribution is -2.53. The highest BCUT2D eigenvalue weighted by atomic mass is 16.5. The molecule has 0 spiro atoms. The molecule has 1 saturated heterocycles. The van der Waals surface area contributed by atoms with Gasteiger partial charge < -0.3 is 9.64 Å². The number of hydrogen-bond donors (Lipinski definition) is 0. The van der Waals surface area contributed by atoms with Crippen molar-refractivity contribution in [2.75, 3.05) is 33.7 Å². The zero-order valence-corrected chi connectivity index (χ0v) is 12.8. The molecule has 1 atom stereocenters. The third-order valence-electron chi connectivity index (χ3n) is 3.64. The topological polar surface area (TPSA) is 32.8 Å². The second kappa shape index (κ2) is 6.37. The summed E-state index contributed by atoms with van der Waals surface area (Å²) in [4.78, 5) is 17.0. The van der Waals surface area contributed by atoms with E-state index in [0.717, 1.165) is 30.9 Å². The molecule has 110 valence electrons. The summed E-state index contributed by atoms with van der Waals surface area (Å²) in [7, 11) is 4.08. The Morgan fingerprint density at radius 3 is 2.75 bits per heavy atom. The van der Waals surface area contributed by atoms with Crippen molar-refractivity contribution in [1.82, 2.24) is 9.80 Å². The lowest BCUT2D eigenvalue weighted by Gasteiger charge is -2.36.